The van der Waals surface area contributed by atoms with E-state index in [-0.39, 0.29) is 49.1 Å². The van der Waals surface area contributed by atoms with E-state index in [1.165, 1.54) is 19.1 Å². The van der Waals surface area contributed by atoms with Crippen LogP contribution in [0.5, 0.6) is 11.5 Å². The lowest BCUT2D eigenvalue weighted by atomic mass is 9.98. The number of nitrogens with zero attached hydrogens (tertiary/aromatic N) is 3. The Kier molecular flexibility index (Phi) is 8.36. The van der Waals surface area contributed by atoms with Gasteiger partial charge in [-0.3, -0.25) is 19.2 Å². The molecule has 0 saturated carbocycles. The number of amides is 3. The quantitative estimate of drug-likeness (QED) is 0.522. The third-order valence-corrected chi connectivity index (χ3v) is 6.30. The van der Waals surface area contributed by atoms with Gasteiger partial charge in [0.25, 0.3) is 0 Å². The molecule has 2 aliphatic heterocycles. The fourth-order valence-electron chi connectivity index (χ4n) is 4.46. The molecule has 0 aromatic heterocycles. The Morgan fingerprint density at radius 2 is 1.82 bits per heavy atom. The molecule has 3 amide bonds. The number of carbonyl (C=O) groups is 4. The van der Waals surface area contributed by atoms with E-state index in [0.717, 1.165) is 0 Å². The van der Waals surface area contributed by atoms with Gasteiger partial charge in [0.1, 0.15) is 0 Å². The Hall–Kier alpha value is -3.30. The van der Waals surface area contributed by atoms with Crippen LogP contribution in [-0.4, -0.2) is 87.5 Å². The molecular formula is C24H33N3O7. The van der Waals surface area contributed by atoms with Crippen molar-refractivity contribution in [2.75, 3.05) is 59.0 Å². The standard InChI is InChI=1S/C24H33N3O7/c1-5-34-24(31)16-7-6-10-26(13-16)22(29)15-25(2)23(30)17-11-21(28)27(14-17)18-8-9-19(32-3)20(12-18)33-4/h8-9,12,16-17H,5-7,10-11,13-15H2,1-4H3. The fourth-order valence-corrected chi connectivity index (χ4v) is 4.46. The molecule has 2 saturated heterocycles. The first-order valence-electron chi connectivity index (χ1n) is 11.5. The van der Waals surface area contributed by atoms with Crippen molar-refractivity contribution in [3.63, 3.8) is 0 Å². The molecule has 0 bridgehead atoms. The molecule has 0 aliphatic carbocycles. The predicted octanol–water partition coefficient (Wildman–Crippen LogP) is 1.32. The summed E-state index contributed by atoms with van der Waals surface area (Å²) >= 11 is 0. The van der Waals surface area contributed by atoms with Crippen molar-refractivity contribution in [2.24, 2.45) is 11.8 Å². The van der Waals surface area contributed by atoms with Gasteiger partial charge in [-0.25, -0.2) is 0 Å². The molecule has 2 unspecified atom stereocenters. The summed E-state index contributed by atoms with van der Waals surface area (Å²) in [6, 6.07) is 5.16. The molecule has 10 heteroatoms. The maximum Gasteiger partial charge on any atom is 0.310 e. The van der Waals surface area contributed by atoms with E-state index in [1.807, 2.05) is 0 Å². The summed E-state index contributed by atoms with van der Waals surface area (Å²) < 4.78 is 15.6. The summed E-state index contributed by atoms with van der Waals surface area (Å²) in [5.41, 5.74) is 0.620. The molecule has 34 heavy (non-hydrogen) atoms. The van der Waals surface area contributed by atoms with Crippen molar-refractivity contribution < 1.29 is 33.4 Å². The van der Waals surface area contributed by atoms with Crippen molar-refractivity contribution in [3.05, 3.63) is 18.2 Å². The number of piperidine rings is 1. The Balaban J connectivity index is 1.59. The van der Waals surface area contributed by atoms with Gasteiger partial charge >= 0.3 is 5.97 Å². The van der Waals surface area contributed by atoms with Crippen LogP contribution in [0.4, 0.5) is 5.69 Å². The number of benzene rings is 1. The highest BCUT2D eigenvalue weighted by molar-refractivity contribution is 6.01. The molecule has 0 N–H and O–H groups in total. The molecule has 2 atom stereocenters. The maximum absolute atomic E-state index is 13.0. The third kappa shape index (κ3) is 5.60. The van der Waals surface area contributed by atoms with Gasteiger partial charge < -0.3 is 28.9 Å². The number of carbonyl (C=O) groups excluding carboxylic acids is 4. The topological polar surface area (TPSA) is 106 Å². The van der Waals surface area contributed by atoms with Gasteiger partial charge in [0.05, 0.1) is 39.2 Å². The molecule has 10 nitrogen and oxygen atoms in total. The van der Waals surface area contributed by atoms with E-state index in [1.54, 1.807) is 42.0 Å². The van der Waals surface area contributed by atoms with Crippen molar-refractivity contribution in [1.29, 1.82) is 0 Å². The number of rotatable bonds is 8. The lowest BCUT2D eigenvalue weighted by molar-refractivity contribution is -0.152. The SMILES string of the molecule is CCOC(=O)C1CCCN(C(=O)CN(C)C(=O)C2CC(=O)N(c3ccc(OC)c(OC)c3)C2)C1. The van der Waals surface area contributed by atoms with E-state index in [2.05, 4.69) is 0 Å². The van der Waals surface area contributed by atoms with Crippen LogP contribution in [0.15, 0.2) is 18.2 Å². The van der Waals surface area contributed by atoms with Gasteiger partial charge in [-0.1, -0.05) is 0 Å². The van der Waals surface area contributed by atoms with E-state index in [9.17, 15) is 19.2 Å². The highest BCUT2D eigenvalue weighted by Gasteiger charge is 2.38. The molecule has 2 fully saturated rings. The zero-order chi connectivity index (χ0) is 24.8. The molecule has 1 aromatic rings. The van der Waals surface area contributed by atoms with E-state index in [0.29, 0.717) is 49.7 Å². The molecule has 2 heterocycles. The van der Waals surface area contributed by atoms with Crippen LogP contribution in [0.1, 0.15) is 26.2 Å². The summed E-state index contributed by atoms with van der Waals surface area (Å²) in [5, 5.41) is 0. The Morgan fingerprint density at radius 3 is 2.50 bits per heavy atom. The van der Waals surface area contributed by atoms with Crippen LogP contribution in [0.2, 0.25) is 0 Å². The maximum atomic E-state index is 13.0. The van der Waals surface area contributed by atoms with E-state index < -0.39 is 5.92 Å². The van der Waals surface area contributed by atoms with Crippen LogP contribution in [0.3, 0.4) is 0 Å². The number of likely N-dealkylation sites (N-methyl/N-ethyl adjacent to an activating group) is 1. The predicted molar refractivity (Wildman–Crippen MR) is 124 cm³/mol. The van der Waals surface area contributed by atoms with Gasteiger partial charge in [-0.05, 0) is 31.9 Å². The van der Waals surface area contributed by atoms with Crippen molar-refractivity contribution in [3.8, 4) is 11.5 Å². The monoisotopic (exact) mass is 475 g/mol. The number of methoxy groups -OCH3 is 2. The van der Waals surface area contributed by atoms with Gasteiger partial charge in [0.15, 0.2) is 11.5 Å². The van der Waals surface area contributed by atoms with Crippen LogP contribution >= 0.6 is 0 Å². The minimum atomic E-state index is -0.549. The summed E-state index contributed by atoms with van der Waals surface area (Å²) in [5.74, 6) is -0.773. The Bertz CT molecular complexity index is 935. The largest absolute Gasteiger partial charge is 0.493 e. The smallest absolute Gasteiger partial charge is 0.310 e. The molecule has 0 spiro atoms. The third-order valence-electron chi connectivity index (χ3n) is 6.30. The molecular weight excluding hydrogens is 442 g/mol. The number of likely N-dealkylation sites (tertiary alicyclic amines) is 1. The molecule has 2 aliphatic rings. The Morgan fingerprint density at radius 1 is 1.09 bits per heavy atom. The van der Waals surface area contributed by atoms with Gasteiger partial charge in [-0.15, -0.1) is 0 Å². The second-order valence-corrected chi connectivity index (χ2v) is 8.57. The highest BCUT2D eigenvalue weighted by atomic mass is 16.5. The average molecular weight is 476 g/mol. The van der Waals surface area contributed by atoms with E-state index >= 15 is 0 Å². The van der Waals surface area contributed by atoms with Gasteiger partial charge in [-0.2, -0.15) is 0 Å². The molecule has 0 radical (unpaired) electrons. The van der Waals surface area contributed by atoms with Gasteiger partial charge in [0, 0.05) is 44.9 Å². The first-order valence-corrected chi connectivity index (χ1v) is 11.5. The first kappa shape index (κ1) is 25.3. The van der Waals surface area contributed by atoms with Crippen molar-refractivity contribution in [2.45, 2.75) is 26.2 Å². The molecule has 3 rings (SSSR count). The van der Waals surface area contributed by atoms with Crippen LogP contribution in [0, 0.1) is 11.8 Å². The summed E-state index contributed by atoms with van der Waals surface area (Å²) in [6.45, 7) is 3.03. The highest BCUT2D eigenvalue weighted by Crippen LogP contribution is 2.34. The Labute approximate surface area is 199 Å². The number of anilines is 1. The van der Waals surface area contributed by atoms with Crippen LogP contribution in [0.25, 0.3) is 0 Å². The second-order valence-electron chi connectivity index (χ2n) is 8.57. The fraction of sp³-hybridized carbons (Fsp3) is 0.583. The second kappa shape index (κ2) is 11.2. The van der Waals surface area contributed by atoms with E-state index in [4.69, 9.17) is 14.2 Å². The molecule has 1 aromatic carbocycles. The first-order chi connectivity index (χ1) is 16.3. The number of esters is 1. The lowest BCUT2D eigenvalue weighted by Crippen LogP contribution is -2.48. The summed E-state index contributed by atoms with van der Waals surface area (Å²) in [7, 11) is 4.62. The molecule has 186 valence electrons. The van der Waals surface area contributed by atoms with Crippen LogP contribution in [-0.2, 0) is 23.9 Å². The average Bonchev–Trinajstić information content (AvgIpc) is 3.24. The zero-order valence-electron chi connectivity index (χ0n) is 20.2. The lowest BCUT2D eigenvalue weighted by Gasteiger charge is -2.33. The number of ether oxygens (including phenoxy) is 3. The van der Waals surface area contributed by atoms with Crippen LogP contribution < -0.4 is 14.4 Å². The zero-order valence-corrected chi connectivity index (χ0v) is 20.2. The minimum absolute atomic E-state index is 0.0698. The minimum Gasteiger partial charge on any atom is -0.493 e. The normalized spacial score (nSPS) is 20.2. The summed E-state index contributed by atoms with van der Waals surface area (Å²) in [6.07, 6.45) is 1.47. The van der Waals surface area contributed by atoms with Gasteiger partial charge in [0.2, 0.25) is 17.7 Å². The number of hydrogen-bond acceptors (Lipinski definition) is 7. The van der Waals surface area contributed by atoms with Crippen molar-refractivity contribution >= 4 is 29.4 Å². The summed E-state index contributed by atoms with van der Waals surface area (Å²) in [4.78, 5) is 55.1. The number of hydrogen-bond donors (Lipinski definition) is 0. The van der Waals surface area contributed by atoms with Crippen molar-refractivity contribution in [1.82, 2.24) is 9.80 Å².